The largest absolute Gasteiger partial charge is 0.393 e. The maximum atomic E-state index is 12.7. The number of aliphatic hydroxyl groups is 1. The fraction of sp³-hybridized carbons (Fsp3) is 0.647. The summed E-state index contributed by atoms with van der Waals surface area (Å²) in [5.74, 6) is 0.424. The van der Waals surface area contributed by atoms with Gasteiger partial charge in [-0.05, 0) is 56.1 Å². The van der Waals surface area contributed by atoms with Gasteiger partial charge < -0.3 is 15.0 Å². The van der Waals surface area contributed by atoms with Gasteiger partial charge in [-0.1, -0.05) is 0 Å². The molecule has 1 saturated heterocycles. The van der Waals surface area contributed by atoms with Crippen molar-refractivity contribution in [2.75, 3.05) is 13.1 Å². The Labute approximate surface area is 129 Å². The van der Waals surface area contributed by atoms with Gasteiger partial charge in [0.1, 0.15) is 5.56 Å². The van der Waals surface area contributed by atoms with E-state index >= 15 is 0 Å². The third-order valence-electron chi connectivity index (χ3n) is 5.67. The lowest BCUT2D eigenvalue weighted by molar-refractivity contribution is 0.0750. The Bertz CT molecular complexity index is 666. The molecule has 118 valence electrons. The number of rotatable bonds is 1. The SMILES string of the molecule is O=C(c1cc2c([nH]c1=O)CCCC2)N1CC2CCC(O)C2C1. The van der Waals surface area contributed by atoms with Crippen molar-refractivity contribution in [3.8, 4) is 0 Å². The number of hydrogen-bond acceptors (Lipinski definition) is 3. The second-order valence-electron chi connectivity index (χ2n) is 7.00. The number of H-pyrrole nitrogens is 1. The molecule has 1 amide bonds. The molecule has 3 unspecified atom stereocenters. The summed E-state index contributed by atoms with van der Waals surface area (Å²) in [5.41, 5.74) is 2.13. The summed E-state index contributed by atoms with van der Waals surface area (Å²) in [6.07, 6.45) is 5.60. The highest BCUT2D eigenvalue weighted by Crippen LogP contribution is 2.38. The Balaban J connectivity index is 1.60. The molecular weight excluding hydrogens is 280 g/mol. The second kappa shape index (κ2) is 5.23. The molecule has 22 heavy (non-hydrogen) atoms. The van der Waals surface area contributed by atoms with Crippen molar-refractivity contribution >= 4 is 5.91 Å². The highest BCUT2D eigenvalue weighted by atomic mass is 16.3. The first-order chi connectivity index (χ1) is 10.6. The summed E-state index contributed by atoms with van der Waals surface area (Å²) in [7, 11) is 0. The fourth-order valence-electron chi connectivity index (χ4n) is 4.41. The van der Waals surface area contributed by atoms with Crippen LogP contribution >= 0.6 is 0 Å². The van der Waals surface area contributed by atoms with Gasteiger partial charge in [-0.3, -0.25) is 9.59 Å². The first-order valence-corrected chi connectivity index (χ1v) is 8.36. The molecule has 0 bridgehead atoms. The molecule has 1 aromatic heterocycles. The number of aromatic amines is 1. The van der Waals surface area contributed by atoms with E-state index in [2.05, 4.69) is 4.98 Å². The van der Waals surface area contributed by atoms with Gasteiger partial charge in [-0.2, -0.15) is 0 Å². The van der Waals surface area contributed by atoms with E-state index < -0.39 is 0 Å². The van der Waals surface area contributed by atoms with Gasteiger partial charge in [0.25, 0.3) is 11.5 Å². The number of likely N-dealkylation sites (tertiary alicyclic amines) is 1. The van der Waals surface area contributed by atoms with Crippen LogP contribution in [0.1, 0.15) is 47.3 Å². The number of carbonyl (C=O) groups excluding carboxylic acids is 1. The molecule has 0 radical (unpaired) electrons. The molecule has 5 heteroatoms. The van der Waals surface area contributed by atoms with Crippen LogP contribution in [0.25, 0.3) is 0 Å². The van der Waals surface area contributed by atoms with Crippen molar-refractivity contribution in [3.05, 3.63) is 33.2 Å². The van der Waals surface area contributed by atoms with Crippen LogP contribution in [0.2, 0.25) is 0 Å². The number of carbonyl (C=O) groups is 1. The monoisotopic (exact) mass is 302 g/mol. The summed E-state index contributed by atoms with van der Waals surface area (Å²) in [5, 5.41) is 9.98. The number of amides is 1. The van der Waals surface area contributed by atoms with Crippen LogP contribution in [0.5, 0.6) is 0 Å². The summed E-state index contributed by atoms with van der Waals surface area (Å²) in [6, 6.07) is 1.81. The number of pyridine rings is 1. The zero-order valence-corrected chi connectivity index (χ0v) is 12.7. The van der Waals surface area contributed by atoms with Crippen LogP contribution < -0.4 is 5.56 Å². The van der Waals surface area contributed by atoms with Crippen molar-refractivity contribution in [2.24, 2.45) is 11.8 Å². The molecule has 2 aliphatic carbocycles. The normalized spacial score (nSPS) is 30.2. The minimum atomic E-state index is -0.287. The van der Waals surface area contributed by atoms with Crippen LogP contribution in [-0.4, -0.2) is 40.1 Å². The lowest BCUT2D eigenvalue weighted by atomic mass is 9.95. The lowest BCUT2D eigenvalue weighted by Gasteiger charge is -2.20. The molecule has 0 aromatic carbocycles. The number of nitrogens with one attached hydrogen (secondary N) is 1. The van der Waals surface area contributed by atoms with Gasteiger partial charge in [0.15, 0.2) is 0 Å². The summed E-state index contributed by atoms with van der Waals surface area (Å²) in [6.45, 7) is 1.26. The first kappa shape index (κ1) is 14.0. The smallest absolute Gasteiger partial charge is 0.261 e. The predicted molar refractivity (Wildman–Crippen MR) is 81.8 cm³/mol. The molecule has 2 heterocycles. The summed E-state index contributed by atoms with van der Waals surface area (Å²) >= 11 is 0. The maximum absolute atomic E-state index is 12.7. The van der Waals surface area contributed by atoms with Gasteiger partial charge in [0.05, 0.1) is 6.10 Å². The van der Waals surface area contributed by atoms with E-state index in [1.165, 1.54) is 0 Å². The molecule has 1 aromatic rings. The van der Waals surface area contributed by atoms with Crippen molar-refractivity contribution in [3.63, 3.8) is 0 Å². The molecule has 5 nitrogen and oxygen atoms in total. The number of aryl methyl sites for hydroxylation is 2. The van der Waals surface area contributed by atoms with Gasteiger partial charge in [0.2, 0.25) is 0 Å². The first-order valence-electron chi connectivity index (χ1n) is 8.36. The van der Waals surface area contributed by atoms with Gasteiger partial charge >= 0.3 is 0 Å². The van der Waals surface area contributed by atoms with E-state index in [0.29, 0.717) is 19.0 Å². The van der Waals surface area contributed by atoms with E-state index in [0.717, 1.165) is 49.8 Å². The van der Waals surface area contributed by atoms with E-state index in [9.17, 15) is 14.7 Å². The third kappa shape index (κ3) is 2.19. The highest BCUT2D eigenvalue weighted by molar-refractivity contribution is 5.94. The molecule has 3 aliphatic rings. The molecule has 1 saturated carbocycles. The topological polar surface area (TPSA) is 73.4 Å². The molecule has 2 N–H and O–H groups in total. The number of fused-ring (bicyclic) bond motifs is 2. The zero-order valence-electron chi connectivity index (χ0n) is 12.7. The molecule has 2 fully saturated rings. The number of nitrogens with zero attached hydrogens (tertiary/aromatic N) is 1. The second-order valence-corrected chi connectivity index (χ2v) is 7.00. The van der Waals surface area contributed by atoms with E-state index in [1.54, 1.807) is 11.0 Å². The molecule has 4 rings (SSSR count). The zero-order chi connectivity index (χ0) is 15.3. The van der Waals surface area contributed by atoms with Crippen molar-refractivity contribution in [1.29, 1.82) is 0 Å². The Morgan fingerprint density at radius 2 is 2.05 bits per heavy atom. The average molecular weight is 302 g/mol. The Hall–Kier alpha value is -1.62. The minimum Gasteiger partial charge on any atom is -0.393 e. The van der Waals surface area contributed by atoms with Crippen molar-refractivity contribution < 1.29 is 9.90 Å². The molecule has 0 spiro atoms. The standard InChI is InChI=1S/C17H22N2O3/c20-15-6-5-11-8-19(9-13(11)15)17(22)12-7-10-3-1-2-4-14(10)18-16(12)21/h7,11,13,15,20H,1-6,8-9H2,(H,18,21). The van der Waals surface area contributed by atoms with Crippen LogP contribution in [0.4, 0.5) is 0 Å². The van der Waals surface area contributed by atoms with Crippen LogP contribution in [0.3, 0.4) is 0 Å². The summed E-state index contributed by atoms with van der Waals surface area (Å²) < 4.78 is 0. The minimum absolute atomic E-state index is 0.170. The Morgan fingerprint density at radius 1 is 1.23 bits per heavy atom. The number of hydrogen-bond donors (Lipinski definition) is 2. The fourth-order valence-corrected chi connectivity index (χ4v) is 4.41. The Morgan fingerprint density at radius 3 is 2.86 bits per heavy atom. The third-order valence-corrected chi connectivity index (χ3v) is 5.67. The van der Waals surface area contributed by atoms with Crippen LogP contribution in [-0.2, 0) is 12.8 Å². The van der Waals surface area contributed by atoms with Gasteiger partial charge in [-0.25, -0.2) is 0 Å². The highest BCUT2D eigenvalue weighted by Gasteiger charge is 2.43. The number of aliphatic hydroxyl groups excluding tert-OH is 1. The van der Waals surface area contributed by atoms with Gasteiger partial charge in [-0.15, -0.1) is 0 Å². The molecular formula is C17H22N2O3. The molecule has 3 atom stereocenters. The van der Waals surface area contributed by atoms with E-state index in [4.69, 9.17) is 0 Å². The lowest BCUT2D eigenvalue weighted by Crippen LogP contribution is -2.35. The average Bonchev–Trinajstić information content (AvgIpc) is 3.08. The number of aromatic nitrogens is 1. The van der Waals surface area contributed by atoms with Crippen LogP contribution in [0.15, 0.2) is 10.9 Å². The predicted octanol–water partition coefficient (Wildman–Crippen LogP) is 1.10. The van der Waals surface area contributed by atoms with Crippen LogP contribution in [0, 0.1) is 11.8 Å². The van der Waals surface area contributed by atoms with Gasteiger partial charge in [0, 0.05) is 24.7 Å². The van der Waals surface area contributed by atoms with E-state index in [-0.39, 0.29) is 29.1 Å². The maximum Gasteiger partial charge on any atom is 0.261 e. The van der Waals surface area contributed by atoms with E-state index in [1.807, 2.05) is 0 Å². The Kier molecular flexibility index (Phi) is 3.33. The van der Waals surface area contributed by atoms with Crippen molar-refractivity contribution in [2.45, 2.75) is 44.6 Å². The molecule has 1 aliphatic heterocycles. The van der Waals surface area contributed by atoms with Crippen molar-refractivity contribution in [1.82, 2.24) is 9.88 Å². The quantitative estimate of drug-likeness (QED) is 0.816. The summed E-state index contributed by atoms with van der Waals surface area (Å²) in [4.78, 5) is 29.6.